The molecule has 8 heteroatoms. The summed E-state index contributed by atoms with van der Waals surface area (Å²) in [6.07, 6.45) is 3.42. The summed E-state index contributed by atoms with van der Waals surface area (Å²) in [5.74, 6) is 0.876. The quantitative estimate of drug-likeness (QED) is 0.762. The molecule has 142 valence electrons. The highest BCUT2D eigenvalue weighted by Gasteiger charge is 2.31. The molecule has 3 rings (SSSR count). The van der Waals surface area contributed by atoms with Crippen LogP contribution in [0.2, 0.25) is 0 Å². The molecule has 1 unspecified atom stereocenters. The molecule has 0 aromatic carbocycles. The van der Waals surface area contributed by atoms with Crippen LogP contribution in [0.4, 0.5) is 23.8 Å². The highest BCUT2D eigenvalue weighted by Crippen LogP contribution is 2.29. The topological polar surface area (TPSA) is 45.7 Å². The van der Waals surface area contributed by atoms with E-state index in [1.165, 1.54) is 6.07 Å². The number of carbonyl (C=O) groups excluding carboxylic acids is 1. The van der Waals surface area contributed by atoms with E-state index in [1.54, 1.807) is 4.90 Å². The third-order valence-electron chi connectivity index (χ3n) is 4.76. The van der Waals surface area contributed by atoms with Crippen LogP contribution in [-0.2, 0) is 10.9 Å². The fourth-order valence-electron chi connectivity index (χ4n) is 3.15. The van der Waals surface area contributed by atoms with Crippen molar-refractivity contribution in [3.05, 3.63) is 36.0 Å². The van der Waals surface area contributed by atoms with Crippen molar-refractivity contribution in [2.45, 2.75) is 25.4 Å². The first-order valence-electron chi connectivity index (χ1n) is 8.78. The summed E-state index contributed by atoms with van der Waals surface area (Å²) in [6.45, 7) is 2.39. The summed E-state index contributed by atoms with van der Waals surface area (Å²) in [6, 6.07) is 2.40. The Labute approximate surface area is 150 Å². The molecule has 0 N–H and O–H groups in total. The summed E-state index contributed by atoms with van der Waals surface area (Å²) >= 11 is 0. The van der Waals surface area contributed by atoms with Gasteiger partial charge < -0.3 is 14.5 Å². The molecule has 5 nitrogen and oxygen atoms in total. The Morgan fingerprint density at radius 2 is 1.96 bits per heavy atom. The second kappa shape index (κ2) is 7.97. The minimum Gasteiger partial charge on any atom is -0.449 e. The fraction of sp³-hybridized carbons (Fsp3) is 0.556. The minimum absolute atomic E-state index is 0.320. The van der Waals surface area contributed by atoms with Gasteiger partial charge in [-0.05, 0) is 37.3 Å². The van der Waals surface area contributed by atoms with Crippen LogP contribution >= 0.6 is 0 Å². The van der Waals surface area contributed by atoms with E-state index in [2.05, 4.69) is 17.1 Å². The van der Waals surface area contributed by atoms with Gasteiger partial charge >= 0.3 is 12.3 Å². The van der Waals surface area contributed by atoms with E-state index in [9.17, 15) is 18.0 Å². The van der Waals surface area contributed by atoms with Crippen LogP contribution < -0.4 is 4.90 Å². The number of pyridine rings is 1. The average Bonchev–Trinajstić information content (AvgIpc) is 2.66. The molecule has 26 heavy (non-hydrogen) atoms. The maximum Gasteiger partial charge on any atom is 0.417 e. The number of nitrogens with zero attached hydrogens (tertiary/aromatic N) is 3. The zero-order chi connectivity index (χ0) is 18.6. The number of anilines is 1. The number of amides is 1. The number of carbonyl (C=O) groups is 1. The highest BCUT2D eigenvalue weighted by atomic mass is 19.4. The monoisotopic (exact) mass is 369 g/mol. The van der Waals surface area contributed by atoms with Gasteiger partial charge in [-0.2, -0.15) is 13.2 Å². The zero-order valence-electron chi connectivity index (χ0n) is 14.4. The van der Waals surface area contributed by atoms with E-state index in [4.69, 9.17) is 4.74 Å². The van der Waals surface area contributed by atoms with Crippen molar-refractivity contribution in [2.24, 2.45) is 5.92 Å². The first-order chi connectivity index (χ1) is 12.4. The Bertz CT molecular complexity index is 638. The lowest BCUT2D eigenvalue weighted by Crippen LogP contribution is -2.49. The Hall–Kier alpha value is -2.25. The smallest absolute Gasteiger partial charge is 0.417 e. The molecular formula is C18H22F3N3O2. The van der Waals surface area contributed by atoms with Crippen molar-refractivity contribution in [1.29, 1.82) is 0 Å². The van der Waals surface area contributed by atoms with Crippen LogP contribution in [0.5, 0.6) is 0 Å². The second-order valence-electron chi connectivity index (χ2n) is 6.60. The van der Waals surface area contributed by atoms with Gasteiger partial charge in [0.15, 0.2) is 0 Å². The first-order valence-corrected chi connectivity index (χ1v) is 8.78. The van der Waals surface area contributed by atoms with E-state index >= 15 is 0 Å². The zero-order valence-corrected chi connectivity index (χ0v) is 14.4. The van der Waals surface area contributed by atoms with Crippen LogP contribution in [0, 0.1) is 5.92 Å². The van der Waals surface area contributed by atoms with E-state index in [0.29, 0.717) is 44.5 Å². The summed E-state index contributed by atoms with van der Waals surface area (Å²) < 4.78 is 43.2. The molecule has 2 heterocycles. The Balaban J connectivity index is 1.46. The molecule has 1 aliphatic carbocycles. The lowest BCUT2D eigenvalue weighted by atomic mass is 9.95. The number of piperazine rings is 1. The number of hydrogen-bond acceptors (Lipinski definition) is 4. The lowest BCUT2D eigenvalue weighted by Gasteiger charge is -2.35. The molecule has 1 aliphatic heterocycles. The van der Waals surface area contributed by atoms with Crippen molar-refractivity contribution in [3.63, 3.8) is 0 Å². The predicted octanol–water partition coefficient (Wildman–Crippen LogP) is 3.72. The maximum atomic E-state index is 12.6. The Morgan fingerprint density at radius 3 is 2.54 bits per heavy atom. The largest absolute Gasteiger partial charge is 0.449 e. The van der Waals surface area contributed by atoms with Crippen molar-refractivity contribution in [1.82, 2.24) is 9.88 Å². The van der Waals surface area contributed by atoms with Gasteiger partial charge in [-0.15, -0.1) is 0 Å². The number of halogens is 3. The number of hydrogen-bond donors (Lipinski definition) is 0. The van der Waals surface area contributed by atoms with E-state index < -0.39 is 11.7 Å². The highest BCUT2D eigenvalue weighted by molar-refractivity contribution is 5.68. The molecule has 1 atom stereocenters. The molecular weight excluding hydrogens is 347 g/mol. The van der Waals surface area contributed by atoms with Crippen molar-refractivity contribution in [2.75, 3.05) is 37.7 Å². The van der Waals surface area contributed by atoms with Crippen LogP contribution in [0.1, 0.15) is 24.8 Å². The molecule has 1 amide bonds. The predicted molar refractivity (Wildman–Crippen MR) is 90.9 cm³/mol. The SMILES string of the molecule is O=C(OCC1CC=CCC1)N1CCN(c2ccc(C(F)(F)F)cn2)CC1. The molecule has 2 aliphatic rings. The summed E-state index contributed by atoms with van der Waals surface area (Å²) in [7, 11) is 0. The number of rotatable bonds is 3. The van der Waals surface area contributed by atoms with Crippen LogP contribution in [0.25, 0.3) is 0 Å². The van der Waals surface area contributed by atoms with Crippen LogP contribution in [0.15, 0.2) is 30.5 Å². The van der Waals surface area contributed by atoms with E-state index in [0.717, 1.165) is 31.5 Å². The van der Waals surface area contributed by atoms with Crippen molar-refractivity contribution >= 4 is 11.9 Å². The summed E-state index contributed by atoms with van der Waals surface area (Å²) in [4.78, 5) is 19.6. The summed E-state index contributed by atoms with van der Waals surface area (Å²) in [5.41, 5.74) is -0.763. The second-order valence-corrected chi connectivity index (χ2v) is 6.60. The summed E-state index contributed by atoms with van der Waals surface area (Å²) in [5, 5.41) is 0. The molecule has 1 saturated heterocycles. The van der Waals surface area contributed by atoms with Crippen molar-refractivity contribution in [3.8, 4) is 0 Å². The minimum atomic E-state index is -4.39. The molecule has 0 bridgehead atoms. The van der Waals surface area contributed by atoms with E-state index in [1.807, 2.05) is 4.90 Å². The van der Waals surface area contributed by atoms with Gasteiger partial charge in [0.1, 0.15) is 5.82 Å². The molecule has 0 radical (unpaired) electrons. The number of ether oxygens (including phenoxy) is 1. The third kappa shape index (κ3) is 4.68. The molecule has 1 aromatic heterocycles. The normalized spacial score (nSPS) is 21.0. The van der Waals surface area contributed by atoms with Gasteiger partial charge in [0.05, 0.1) is 12.2 Å². The third-order valence-corrected chi connectivity index (χ3v) is 4.76. The molecule has 0 spiro atoms. The average molecular weight is 369 g/mol. The fourth-order valence-corrected chi connectivity index (χ4v) is 3.15. The number of alkyl halides is 3. The maximum absolute atomic E-state index is 12.6. The standard InChI is InChI=1S/C18H22F3N3O2/c19-18(20,21)15-6-7-16(22-12-15)23-8-10-24(11-9-23)17(25)26-13-14-4-2-1-3-5-14/h1-2,6-7,12,14H,3-5,8-11,13H2. The van der Waals surface area contributed by atoms with Crippen LogP contribution in [0.3, 0.4) is 0 Å². The van der Waals surface area contributed by atoms with Crippen LogP contribution in [-0.4, -0.2) is 48.8 Å². The lowest BCUT2D eigenvalue weighted by molar-refractivity contribution is -0.137. The Morgan fingerprint density at radius 1 is 1.19 bits per heavy atom. The van der Waals surface area contributed by atoms with E-state index in [-0.39, 0.29) is 6.09 Å². The van der Waals surface area contributed by atoms with Gasteiger partial charge in [0, 0.05) is 32.4 Å². The van der Waals surface area contributed by atoms with Gasteiger partial charge in [-0.3, -0.25) is 0 Å². The Kier molecular flexibility index (Phi) is 5.68. The number of allylic oxidation sites excluding steroid dienone is 2. The molecule has 1 aromatic rings. The van der Waals surface area contributed by atoms with Gasteiger partial charge in [-0.25, -0.2) is 9.78 Å². The van der Waals surface area contributed by atoms with Crippen molar-refractivity contribution < 1.29 is 22.7 Å². The van der Waals surface area contributed by atoms with Gasteiger partial charge in [-0.1, -0.05) is 12.2 Å². The molecule has 1 fully saturated rings. The van der Waals surface area contributed by atoms with Gasteiger partial charge in [0.25, 0.3) is 0 Å². The number of aromatic nitrogens is 1. The van der Waals surface area contributed by atoms with Gasteiger partial charge in [0.2, 0.25) is 0 Å². The first kappa shape index (κ1) is 18.5. The molecule has 0 saturated carbocycles.